The minimum Gasteiger partial charge on any atom is -0.305 e. The van der Waals surface area contributed by atoms with Crippen molar-refractivity contribution >= 4 is 5.70 Å². The monoisotopic (exact) mass is 216 g/mol. The zero-order valence-electron chi connectivity index (χ0n) is 10.4. The van der Waals surface area contributed by atoms with E-state index in [9.17, 15) is 0 Å². The summed E-state index contributed by atoms with van der Waals surface area (Å²) in [5, 5.41) is 4.78. The molecule has 86 valence electrons. The summed E-state index contributed by atoms with van der Waals surface area (Å²) in [5.74, 6) is 0. The van der Waals surface area contributed by atoms with Crippen molar-refractivity contribution < 1.29 is 0 Å². The van der Waals surface area contributed by atoms with Gasteiger partial charge >= 0.3 is 0 Å². The van der Waals surface area contributed by atoms with Gasteiger partial charge in [0.15, 0.2) is 0 Å². The van der Waals surface area contributed by atoms with Crippen LogP contribution < -0.4 is 0 Å². The van der Waals surface area contributed by atoms with Gasteiger partial charge in [0.25, 0.3) is 0 Å². The second-order valence-electron chi connectivity index (χ2n) is 4.13. The summed E-state index contributed by atoms with van der Waals surface area (Å²) >= 11 is 0. The highest BCUT2D eigenvalue weighted by atomic mass is 15.6. The minimum absolute atomic E-state index is 0.500. The van der Waals surface area contributed by atoms with Gasteiger partial charge in [-0.3, -0.25) is 0 Å². The molecule has 0 spiro atoms. The topological polar surface area (TPSA) is 6.48 Å². The lowest BCUT2D eigenvalue weighted by Gasteiger charge is -2.33. The highest BCUT2D eigenvalue weighted by molar-refractivity contribution is 5.66. The molecule has 1 heterocycles. The van der Waals surface area contributed by atoms with Crippen molar-refractivity contribution in [2.75, 3.05) is 13.1 Å². The van der Waals surface area contributed by atoms with Crippen LogP contribution in [-0.4, -0.2) is 29.1 Å². The summed E-state index contributed by atoms with van der Waals surface area (Å²) in [4.78, 5) is 0. The molecule has 0 radical (unpaired) electrons. The zero-order chi connectivity index (χ0) is 11.5. The predicted molar refractivity (Wildman–Crippen MR) is 68.6 cm³/mol. The van der Waals surface area contributed by atoms with Crippen molar-refractivity contribution in [3.05, 3.63) is 42.0 Å². The molecule has 0 saturated heterocycles. The summed E-state index contributed by atoms with van der Waals surface area (Å²) < 4.78 is 0. The van der Waals surface area contributed by atoms with Crippen LogP contribution in [0.4, 0.5) is 0 Å². The molecule has 2 heteroatoms. The molecule has 0 aromatic heterocycles. The zero-order valence-corrected chi connectivity index (χ0v) is 10.4. The molecule has 2 rings (SSSR count). The van der Waals surface area contributed by atoms with E-state index in [2.05, 4.69) is 67.2 Å². The maximum atomic E-state index is 2.41. The van der Waals surface area contributed by atoms with E-state index < -0.39 is 0 Å². The van der Waals surface area contributed by atoms with E-state index >= 15 is 0 Å². The first kappa shape index (κ1) is 11.2. The van der Waals surface area contributed by atoms with Crippen LogP contribution in [0, 0.1) is 0 Å². The van der Waals surface area contributed by atoms with Crippen LogP contribution in [0.15, 0.2) is 36.4 Å². The van der Waals surface area contributed by atoms with Crippen molar-refractivity contribution in [3.8, 4) is 0 Å². The van der Waals surface area contributed by atoms with Gasteiger partial charge in [-0.05, 0) is 25.5 Å². The largest absolute Gasteiger partial charge is 0.305 e. The molecular formula is C14H20N2. The standard InChI is InChI=1S/C14H20N2/c1-4-15-12(3)11-14(16(15)5-2)13-9-7-6-8-10-13/h6-12H,4-5H2,1-3H3. The van der Waals surface area contributed by atoms with Crippen LogP contribution in [0.25, 0.3) is 5.70 Å². The van der Waals surface area contributed by atoms with E-state index in [1.165, 1.54) is 11.3 Å². The second-order valence-corrected chi connectivity index (χ2v) is 4.13. The van der Waals surface area contributed by atoms with Gasteiger partial charge < -0.3 is 5.01 Å². The Labute approximate surface area is 98.1 Å². The van der Waals surface area contributed by atoms with Crippen molar-refractivity contribution in [2.45, 2.75) is 26.8 Å². The Hall–Kier alpha value is -1.28. The molecule has 0 fully saturated rings. The normalized spacial score (nSPS) is 21.3. The first-order chi connectivity index (χ1) is 7.77. The number of benzene rings is 1. The third-order valence-electron chi connectivity index (χ3n) is 3.15. The Bertz CT molecular complexity index is 370. The van der Waals surface area contributed by atoms with E-state index in [0.29, 0.717) is 6.04 Å². The highest BCUT2D eigenvalue weighted by Crippen LogP contribution is 2.29. The van der Waals surface area contributed by atoms with Gasteiger partial charge in [-0.1, -0.05) is 37.3 Å². The fourth-order valence-electron chi connectivity index (χ4n) is 2.42. The summed E-state index contributed by atoms with van der Waals surface area (Å²) in [6.07, 6.45) is 2.35. The van der Waals surface area contributed by atoms with Gasteiger partial charge in [-0.25, -0.2) is 5.01 Å². The van der Waals surface area contributed by atoms with Crippen molar-refractivity contribution in [1.82, 2.24) is 10.0 Å². The van der Waals surface area contributed by atoms with Gasteiger partial charge in [0.05, 0.1) is 5.70 Å². The van der Waals surface area contributed by atoms with Crippen LogP contribution in [0.5, 0.6) is 0 Å². The Balaban J connectivity index is 2.31. The third-order valence-corrected chi connectivity index (χ3v) is 3.15. The fraction of sp³-hybridized carbons (Fsp3) is 0.429. The maximum absolute atomic E-state index is 2.41. The summed E-state index contributed by atoms with van der Waals surface area (Å²) in [6, 6.07) is 11.1. The Morgan fingerprint density at radius 2 is 1.75 bits per heavy atom. The van der Waals surface area contributed by atoms with Crippen LogP contribution in [0.1, 0.15) is 26.3 Å². The molecule has 1 aromatic carbocycles. The second kappa shape index (κ2) is 4.71. The molecule has 2 nitrogen and oxygen atoms in total. The van der Waals surface area contributed by atoms with Crippen LogP contribution in [0.2, 0.25) is 0 Å². The van der Waals surface area contributed by atoms with Crippen LogP contribution >= 0.6 is 0 Å². The van der Waals surface area contributed by atoms with Crippen LogP contribution in [-0.2, 0) is 0 Å². The highest BCUT2D eigenvalue weighted by Gasteiger charge is 2.27. The lowest BCUT2D eigenvalue weighted by molar-refractivity contribution is 0.0418. The molecule has 1 unspecified atom stereocenters. The van der Waals surface area contributed by atoms with Gasteiger partial charge in [0.1, 0.15) is 0 Å². The van der Waals surface area contributed by atoms with Crippen molar-refractivity contribution in [2.24, 2.45) is 0 Å². The molecule has 0 amide bonds. The summed E-state index contributed by atoms with van der Waals surface area (Å²) in [7, 11) is 0. The third kappa shape index (κ3) is 1.85. The van der Waals surface area contributed by atoms with E-state index in [4.69, 9.17) is 0 Å². The SMILES string of the molecule is CCN1C(c2ccccc2)=CC(C)N1CC. The molecule has 0 bridgehead atoms. The van der Waals surface area contributed by atoms with E-state index in [1.807, 2.05) is 0 Å². The lowest BCUT2D eigenvalue weighted by atomic mass is 10.1. The molecular weight excluding hydrogens is 196 g/mol. The maximum Gasteiger partial charge on any atom is 0.0570 e. The molecule has 1 aliphatic rings. The number of nitrogens with zero attached hydrogens (tertiary/aromatic N) is 2. The quantitative estimate of drug-likeness (QED) is 0.766. The average molecular weight is 216 g/mol. The van der Waals surface area contributed by atoms with E-state index in [0.717, 1.165) is 13.1 Å². The van der Waals surface area contributed by atoms with E-state index in [1.54, 1.807) is 0 Å². The van der Waals surface area contributed by atoms with Crippen molar-refractivity contribution in [3.63, 3.8) is 0 Å². The minimum atomic E-state index is 0.500. The van der Waals surface area contributed by atoms with E-state index in [-0.39, 0.29) is 0 Å². The number of hydrazine groups is 1. The molecule has 0 saturated carbocycles. The molecule has 0 aliphatic carbocycles. The fourth-order valence-corrected chi connectivity index (χ4v) is 2.42. The smallest absolute Gasteiger partial charge is 0.0570 e. The molecule has 1 aliphatic heterocycles. The Morgan fingerprint density at radius 1 is 1.06 bits per heavy atom. The summed E-state index contributed by atoms with van der Waals surface area (Å²) in [6.45, 7) is 8.75. The molecule has 16 heavy (non-hydrogen) atoms. The first-order valence-corrected chi connectivity index (χ1v) is 6.09. The number of hydrogen-bond donors (Lipinski definition) is 0. The van der Waals surface area contributed by atoms with Gasteiger partial charge in [0.2, 0.25) is 0 Å². The molecule has 1 aromatic rings. The molecule has 1 atom stereocenters. The number of likely N-dealkylation sites (N-methyl/N-ethyl adjacent to an activating group) is 1. The van der Waals surface area contributed by atoms with Gasteiger partial charge in [0, 0.05) is 19.1 Å². The Kier molecular flexibility index (Phi) is 3.30. The van der Waals surface area contributed by atoms with Crippen molar-refractivity contribution in [1.29, 1.82) is 0 Å². The predicted octanol–water partition coefficient (Wildman–Crippen LogP) is 2.99. The Morgan fingerprint density at radius 3 is 2.31 bits per heavy atom. The van der Waals surface area contributed by atoms with Gasteiger partial charge in [-0.2, -0.15) is 0 Å². The first-order valence-electron chi connectivity index (χ1n) is 6.09. The number of rotatable bonds is 3. The van der Waals surface area contributed by atoms with Gasteiger partial charge in [-0.15, -0.1) is 0 Å². The number of hydrogen-bond acceptors (Lipinski definition) is 2. The summed E-state index contributed by atoms with van der Waals surface area (Å²) in [5.41, 5.74) is 2.66. The lowest BCUT2D eigenvalue weighted by Crippen LogP contribution is -2.40. The molecule has 0 N–H and O–H groups in total. The average Bonchev–Trinajstić information content (AvgIpc) is 2.66. The van der Waals surface area contributed by atoms with Crippen LogP contribution in [0.3, 0.4) is 0 Å².